The van der Waals surface area contributed by atoms with Crippen molar-refractivity contribution in [2.45, 2.75) is 32.2 Å². The number of aryl methyl sites for hydroxylation is 1. The maximum atomic E-state index is 12.1. The van der Waals surface area contributed by atoms with Crippen molar-refractivity contribution in [3.8, 4) is 0 Å². The molecular weight excluding hydrogens is 248 g/mol. The fraction of sp³-hybridized carbons (Fsp3) is 0.500. The van der Waals surface area contributed by atoms with Gasteiger partial charge in [-0.1, -0.05) is 24.3 Å². The molecule has 1 atom stereocenters. The second-order valence-corrected chi connectivity index (χ2v) is 4.85. The van der Waals surface area contributed by atoms with Gasteiger partial charge in [0.2, 0.25) is 5.91 Å². The lowest BCUT2D eigenvalue weighted by Gasteiger charge is -2.31. The normalized spacial score (nSPS) is 19.2. The Balaban J connectivity index is 0.00000162. The number of nitrogens with zero attached hydrogens (tertiary/aromatic N) is 1. The number of carbonyl (C=O) groups is 1. The first kappa shape index (κ1) is 15.0. The van der Waals surface area contributed by atoms with E-state index in [-0.39, 0.29) is 24.4 Å². The predicted molar refractivity (Wildman–Crippen MR) is 75.9 cm³/mol. The molecule has 1 aliphatic heterocycles. The molecule has 0 aliphatic carbocycles. The van der Waals surface area contributed by atoms with Crippen molar-refractivity contribution in [3.63, 3.8) is 0 Å². The first-order valence-corrected chi connectivity index (χ1v) is 6.24. The summed E-state index contributed by atoms with van der Waals surface area (Å²) in [4.78, 5) is 14.0. The monoisotopic (exact) mass is 268 g/mol. The molecule has 0 bridgehead atoms. The standard InChI is InChI=1S/C14H20N2O.ClH/c1-11-5-2-3-6-12(11)9-14(17)16-8-4-7-13(15)10-16;/h2-3,5-6,13H,4,7-10,15H2,1H3;1H/t13-;/m1./s1. The molecule has 1 aromatic carbocycles. The summed E-state index contributed by atoms with van der Waals surface area (Å²) in [5.41, 5.74) is 8.20. The van der Waals surface area contributed by atoms with Crippen LogP contribution in [0.2, 0.25) is 0 Å². The van der Waals surface area contributed by atoms with Gasteiger partial charge in [0.05, 0.1) is 6.42 Å². The molecule has 0 unspecified atom stereocenters. The highest BCUT2D eigenvalue weighted by atomic mass is 35.5. The number of hydrogen-bond donors (Lipinski definition) is 1. The van der Waals surface area contributed by atoms with Gasteiger partial charge < -0.3 is 10.6 Å². The topological polar surface area (TPSA) is 46.3 Å². The summed E-state index contributed by atoms with van der Waals surface area (Å²) in [5, 5.41) is 0. The fourth-order valence-corrected chi connectivity index (χ4v) is 2.32. The minimum atomic E-state index is 0. The van der Waals surface area contributed by atoms with Gasteiger partial charge in [0.15, 0.2) is 0 Å². The SMILES string of the molecule is Cc1ccccc1CC(=O)N1CCC[C@@H](N)C1.Cl. The lowest BCUT2D eigenvalue weighted by molar-refractivity contribution is -0.131. The van der Waals surface area contributed by atoms with Crippen LogP contribution in [0.15, 0.2) is 24.3 Å². The van der Waals surface area contributed by atoms with Gasteiger partial charge in [0.1, 0.15) is 0 Å². The first-order valence-electron chi connectivity index (χ1n) is 6.24. The van der Waals surface area contributed by atoms with Crippen LogP contribution in [0, 0.1) is 6.92 Å². The van der Waals surface area contributed by atoms with Crippen LogP contribution in [-0.4, -0.2) is 29.9 Å². The maximum absolute atomic E-state index is 12.1. The van der Waals surface area contributed by atoms with Gasteiger partial charge in [-0.3, -0.25) is 4.79 Å². The van der Waals surface area contributed by atoms with Gasteiger partial charge in [-0.25, -0.2) is 0 Å². The van der Waals surface area contributed by atoms with E-state index in [1.54, 1.807) is 0 Å². The number of carbonyl (C=O) groups excluding carboxylic acids is 1. The minimum absolute atomic E-state index is 0. The molecule has 3 nitrogen and oxygen atoms in total. The van der Waals surface area contributed by atoms with E-state index in [1.807, 2.05) is 36.1 Å². The number of rotatable bonds is 2. The van der Waals surface area contributed by atoms with Crippen LogP contribution in [0.3, 0.4) is 0 Å². The Morgan fingerprint density at radius 1 is 1.44 bits per heavy atom. The van der Waals surface area contributed by atoms with E-state index in [2.05, 4.69) is 0 Å². The molecule has 1 aromatic rings. The third kappa shape index (κ3) is 3.72. The van der Waals surface area contributed by atoms with Crippen LogP contribution >= 0.6 is 12.4 Å². The van der Waals surface area contributed by atoms with Crippen molar-refractivity contribution in [1.82, 2.24) is 4.90 Å². The zero-order valence-corrected chi connectivity index (χ0v) is 11.6. The van der Waals surface area contributed by atoms with Crippen molar-refractivity contribution >= 4 is 18.3 Å². The molecule has 2 rings (SSSR count). The average molecular weight is 269 g/mol. The Bertz CT molecular complexity index is 409. The minimum Gasteiger partial charge on any atom is -0.341 e. The molecule has 1 amide bonds. The van der Waals surface area contributed by atoms with E-state index in [0.717, 1.165) is 24.9 Å². The van der Waals surface area contributed by atoms with Crippen LogP contribution in [0.5, 0.6) is 0 Å². The van der Waals surface area contributed by atoms with E-state index in [4.69, 9.17) is 5.73 Å². The van der Waals surface area contributed by atoms with Crippen molar-refractivity contribution in [1.29, 1.82) is 0 Å². The van der Waals surface area contributed by atoms with Crippen LogP contribution in [0.25, 0.3) is 0 Å². The van der Waals surface area contributed by atoms with Gasteiger partial charge in [-0.2, -0.15) is 0 Å². The average Bonchev–Trinajstić information content (AvgIpc) is 2.32. The van der Waals surface area contributed by atoms with Crippen LogP contribution in [-0.2, 0) is 11.2 Å². The quantitative estimate of drug-likeness (QED) is 0.891. The molecule has 2 N–H and O–H groups in total. The van der Waals surface area contributed by atoms with Crippen LogP contribution in [0.4, 0.5) is 0 Å². The third-order valence-corrected chi connectivity index (χ3v) is 3.41. The van der Waals surface area contributed by atoms with Gasteiger partial charge in [-0.05, 0) is 30.9 Å². The predicted octanol–water partition coefficient (Wildman–Crippen LogP) is 1.91. The Hall–Kier alpha value is -1.06. The molecule has 1 aliphatic rings. The van der Waals surface area contributed by atoms with Crippen LogP contribution in [0.1, 0.15) is 24.0 Å². The molecule has 1 saturated heterocycles. The smallest absolute Gasteiger partial charge is 0.227 e. The van der Waals surface area contributed by atoms with Crippen molar-refractivity contribution in [2.75, 3.05) is 13.1 Å². The van der Waals surface area contributed by atoms with Gasteiger partial charge in [0.25, 0.3) is 0 Å². The lowest BCUT2D eigenvalue weighted by Crippen LogP contribution is -2.46. The zero-order valence-electron chi connectivity index (χ0n) is 10.8. The summed E-state index contributed by atoms with van der Waals surface area (Å²) < 4.78 is 0. The number of hydrogen-bond acceptors (Lipinski definition) is 2. The summed E-state index contributed by atoms with van der Waals surface area (Å²) in [6.07, 6.45) is 2.56. The molecule has 0 saturated carbocycles. The number of piperidine rings is 1. The highest BCUT2D eigenvalue weighted by Gasteiger charge is 2.21. The molecule has 1 fully saturated rings. The molecule has 0 spiro atoms. The fourth-order valence-electron chi connectivity index (χ4n) is 2.32. The summed E-state index contributed by atoms with van der Waals surface area (Å²) in [7, 11) is 0. The van der Waals surface area contributed by atoms with E-state index >= 15 is 0 Å². The summed E-state index contributed by atoms with van der Waals surface area (Å²) in [6, 6.07) is 8.21. The second kappa shape index (κ2) is 6.76. The number of nitrogens with two attached hydrogens (primary N) is 1. The van der Waals surface area contributed by atoms with Gasteiger partial charge in [0, 0.05) is 19.1 Å². The Labute approximate surface area is 115 Å². The molecular formula is C14H21ClN2O. The van der Waals surface area contributed by atoms with E-state index in [1.165, 1.54) is 5.56 Å². The van der Waals surface area contributed by atoms with Crippen molar-refractivity contribution < 1.29 is 4.79 Å². The number of halogens is 1. The van der Waals surface area contributed by atoms with E-state index < -0.39 is 0 Å². The van der Waals surface area contributed by atoms with E-state index in [9.17, 15) is 4.79 Å². The molecule has 0 aromatic heterocycles. The lowest BCUT2D eigenvalue weighted by atomic mass is 10.0. The molecule has 4 heteroatoms. The summed E-state index contributed by atoms with van der Waals surface area (Å²) in [5.74, 6) is 0.203. The maximum Gasteiger partial charge on any atom is 0.227 e. The zero-order chi connectivity index (χ0) is 12.3. The van der Waals surface area contributed by atoms with Crippen molar-refractivity contribution in [2.24, 2.45) is 5.73 Å². The summed E-state index contributed by atoms with van der Waals surface area (Å²) >= 11 is 0. The first-order chi connectivity index (χ1) is 8.16. The van der Waals surface area contributed by atoms with Gasteiger partial charge >= 0.3 is 0 Å². The Morgan fingerprint density at radius 3 is 2.83 bits per heavy atom. The highest BCUT2D eigenvalue weighted by Crippen LogP contribution is 2.13. The van der Waals surface area contributed by atoms with Crippen LogP contribution < -0.4 is 5.73 Å². The molecule has 18 heavy (non-hydrogen) atoms. The molecule has 1 heterocycles. The third-order valence-electron chi connectivity index (χ3n) is 3.41. The highest BCUT2D eigenvalue weighted by molar-refractivity contribution is 5.85. The van der Waals surface area contributed by atoms with Gasteiger partial charge in [-0.15, -0.1) is 12.4 Å². The number of amides is 1. The molecule has 100 valence electrons. The van der Waals surface area contributed by atoms with Crippen molar-refractivity contribution in [3.05, 3.63) is 35.4 Å². The summed E-state index contributed by atoms with van der Waals surface area (Å²) in [6.45, 7) is 3.62. The Morgan fingerprint density at radius 2 is 2.17 bits per heavy atom. The van der Waals surface area contributed by atoms with E-state index in [0.29, 0.717) is 13.0 Å². The Kier molecular flexibility index (Phi) is 5.63. The second-order valence-electron chi connectivity index (χ2n) is 4.85. The number of likely N-dealkylation sites (tertiary alicyclic amines) is 1. The number of benzene rings is 1. The molecule has 0 radical (unpaired) electrons. The largest absolute Gasteiger partial charge is 0.341 e.